The van der Waals surface area contributed by atoms with Crippen molar-refractivity contribution in [1.29, 1.82) is 0 Å². The molecule has 0 radical (unpaired) electrons. The van der Waals surface area contributed by atoms with Gasteiger partial charge in [-0.15, -0.1) is 0 Å². The minimum Gasteiger partial charge on any atom is -0.459 e. The van der Waals surface area contributed by atoms with Gasteiger partial charge < -0.3 is 25.0 Å². The van der Waals surface area contributed by atoms with Gasteiger partial charge in [-0.2, -0.15) is 0 Å². The lowest BCUT2D eigenvalue weighted by atomic mass is 10.1. The number of aromatic nitrogens is 2. The van der Waals surface area contributed by atoms with E-state index in [0.717, 1.165) is 39.1 Å². The molecule has 1 atom stereocenters. The minimum atomic E-state index is -1.06. The number of rotatable bonds is 6. The molecule has 0 saturated carbocycles. The van der Waals surface area contributed by atoms with Gasteiger partial charge >= 0.3 is 5.97 Å². The number of piperidine rings is 1. The first-order valence-electron chi connectivity index (χ1n) is 9.65. The van der Waals surface area contributed by atoms with Gasteiger partial charge in [0.1, 0.15) is 5.60 Å². The van der Waals surface area contributed by atoms with Gasteiger partial charge in [-0.1, -0.05) is 0 Å². The molecule has 0 aromatic carbocycles. The molecule has 1 aromatic heterocycles. The highest BCUT2D eigenvalue weighted by Gasteiger charge is 2.41. The molecule has 9 nitrogen and oxygen atoms in total. The second kappa shape index (κ2) is 8.40. The second-order valence-electron chi connectivity index (χ2n) is 8.20. The van der Waals surface area contributed by atoms with Crippen molar-refractivity contribution in [3.05, 3.63) is 11.9 Å². The van der Waals surface area contributed by atoms with Gasteiger partial charge in [0, 0.05) is 32.8 Å². The molecule has 2 N–H and O–H groups in total. The minimum absolute atomic E-state index is 0.252. The summed E-state index contributed by atoms with van der Waals surface area (Å²) >= 11 is 0. The van der Waals surface area contributed by atoms with Crippen LogP contribution in [0.4, 0.5) is 11.6 Å². The Morgan fingerprint density at radius 1 is 1.36 bits per heavy atom. The molecule has 2 aliphatic heterocycles. The fourth-order valence-corrected chi connectivity index (χ4v) is 3.39. The number of hydrogen-bond donors (Lipinski definition) is 2. The van der Waals surface area contributed by atoms with Gasteiger partial charge in [0.2, 0.25) is 11.9 Å². The number of methoxy groups -OCH3 is 1. The zero-order valence-corrected chi connectivity index (χ0v) is 16.9. The summed E-state index contributed by atoms with van der Waals surface area (Å²) in [6.07, 6.45) is 3.48. The van der Waals surface area contributed by atoms with Crippen molar-refractivity contribution in [3.8, 4) is 0 Å². The number of esters is 1. The number of carbonyl (C=O) groups excluding carboxylic acids is 2. The van der Waals surface area contributed by atoms with Crippen molar-refractivity contribution in [2.24, 2.45) is 0 Å². The Labute approximate surface area is 165 Å². The van der Waals surface area contributed by atoms with Gasteiger partial charge in [0.25, 0.3) is 0 Å². The molecule has 1 unspecified atom stereocenters. The molecule has 0 spiro atoms. The summed E-state index contributed by atoms with van der Waals surface area (Å²) in [6.45, 7) is 8.93. The van der Waals surface area contributed by atoms with Gasteiger partial charge in [-0.05, 0) is 33.6 Å². The zero-order chi connectivity index (χ0) is 20.3. The van der Waals surface area contributed by atoms with Crippen LogP contribution < -0.4 is 10.6 Å². The molecule has 0 aliphatic carbocycles. The Morgan fingerprint density at radius 3 is 2.71 bits per heavy atom. The Hall–Kier alpha value is -2.26. The molecule has 154 valence electrons. The van der Waals surface area contributed by atoms with E-state index in [1.54, 1.807) is 34.1 Å². The molecule has 0 bridgehead atoms. The molecule has 28 heavy (non-hydrogen) atoms. The Kier molecular flexibility index (Phi) is 6.14. The van der Waals surface area contributed by atoms with Crippen molar-refractivity contribution < 1.29 is 19.1 Å². The monoisotopic (exact) mass is 391 g/mol. The predicted octanol–water partition coefficient (Wildman–Crippen LogP) is 1.38. The van der Waals surface area contributed by atoms with Crippen LogP contribution in [-0.4, -0.2) is 71.7 Å². The van der Waals surface area contributed by atoms with E-state index >= 15 is 0 Å². The molecule has 2 aliphatic rings. The average Bonchev–Trinajstić information content (AvgIpc) is 2.95. The summed E-state index contributed by atoms with van der Waals surface area (Å²) in [6, 6.07) is 0.252. The molecular formula is C19H29N5O4. The van der Waals surface area contributed by atoms with E-state index in [1.807, 2.05) is 0 Å². The lowest BCUT2D eigenvalue weighted by Gasteiger charge is -2.32. The van der Waals surface area contributed by atoms with Crippen LogP contribution in [0.15, 0.2) is 6.20 Å². The molecule has 3 heterocycles. The maximum Gasteiger partial charge on any atom is 0.325 e. The molecule has 9 heteroatoms. The van der Waals surface area contributed by atoms with Gasteiger partial charge in [-0.3, -0.25) is 9.59 Å². The maximum absolute atomic E-state index is 12.5. The SMILES string of the molecule is COCCN1CCC(Nc2ncc3c(n2)C(C(=O)OC(C)(C)C)C(=O)N3)CC1. The number of hydrogen-bond acceptors (Lipinski definition) is 8. The average molecular weight is 391 g/mol. The molecule has 1 amide bonds. The van der Waals surface area contributed by atoms with Crippen LogP contribution in [0, 0.1) is 0 Å². The summed E-state index contributed by atoms with van der Waals surface area (Å²) in [5, 5.41) is 6.00. The van der Waals surface area contributed by atoms with Gasteiger partial charge in [-0.25, -0.2) is 9.97 Å². The van der Waals surface area contributed by atoms with Crippen LogP contribution in [0.25, 0.3) is 0 Å². The largest absolute Gasteiger partial charge is 0.459 e. The number of ether oxygens (including phenoxy) is 2. The Balaban J connectivity index is 1.65. The molecule has 1 aromatic rings. The van der Waals surface area contributed by atoms with E-state index in [4.69, 9.17) is 9.47 Å². The first kappa shape index (κ1) is 20.5. The summed E-state index contributed by atoms with van der Waals surface area (Å²) < 4.78 is 10.5. The Morgan fingerprint density at radius 2 is 2.07 bits per heavy atom. The number of nitrogens with zero attached hydrogens (tertiary/aromatic N) is 3. The standard InChI is InChI=1S/C19H29N5O4/c1-19(2,3)28-17(26)14-15-13(22-16(14)25)11-20-18(23-15)21-12-5-7-24(8-6-12)9-10-27-4/h11-12,14H,5-10H2,1-4H3,(H,22,25)(H,20,21,23). The highest BCUT2D eigenvalue weighted by Crippen LogP contribution is 2.33. The third kappa shape index (κ3) is 4.96. The van der Waals surface area contributed by atoms with Crippen molar-refractivity contribution in [1.82, 2.24) is 14.9 Å². The van der Waals surface area contributed by atoms with Crippen molar-refractivity contribution in [3.63, 3.8) is 0 Å². The molecule has 1 fully saturated rings. The van der Waals surface area contributed by atoms with Crippen LogP contribution in [0.1, 0.15) is 45.2 Å². The van der Waals surface area contributed by atoms with E-state index in [1.165, 1.54) is 0 Å². The molecule has 1 saturated heterocycles. The number of amides is 1. The van der Waals surface area contributed by atoms with Gasteiger partial charge in [0.05, 0.1) is 24.2 Å². The normalized spacial score (nSPS) is 20.6. The molecule has 3 rings (SSSR count). The quantitative estimate of drug-likeness (QED) is 0.553. The third-order valence-corrected chi connectivity index (χ3v) is 4.79. The van der Waals surface area contributed by atoms with Gasteiger partial charge in [0.15, 0.2) is 5.92 Å². The zero-order valence-electron chi connectivity index (χ0n) is 16.9. The van der Waals surface area contributed by atoms with E-state index in [0.29, 0.717) is 17.3 Å². The summed E-state index contributed by atoms with van der Waals surface area (Å²) in [7, 11) is 1.71. The van der Waals surface area contributed by atoms with E-state index in [2.05, 4.69) is 25.5 Å². The van der Waals surface area contributed by atoms with Crippen LogP contribution >= 0.6 is 0 Å². The maximum atomic E-state index is 12.5. The smallest absolute Gasteiger partial charge is 0.325 e. The first-order chi connectivity index (χ1) is 13.3. The lowest BCUT2D eigenvalue weighted by molar-refractivity contribution is -0.157. The summed E-state index contributed by atoms with van der Waals surface area (Å²) in [5.41, 5.74) is 0.153. The first-order valence-corrected chi connectivity index (χ1v) is 9.65. The van der Waals surface area contributed by atoms with Crippen molar-refractivity contribution >= 4 is 23.5 Å². The third-order valence-electron chi connectivity index (χ3n) is 4.79. The summed E-state index contributed by atoms with van der Waals surface area (Å²) in [4.78, 5) is 35.9. The fourth-order valence-electron chi connectivity index (χ4n) is 3.39. The number of fused-ring (bicyclic) bond motifs is 1. The Bertz CT molecular complexity index is 726. The number of anilines is 2. The number of likely N-dealkylation sites (tertiary alicyclic amines) is 1. The topological polar surface area (TPSA) is 106 Å². The number of nitrogens with one attached hydrogen (secondary N) is 2. The van der Waals surface area contributed by atoms with E-state index in [-0.39, 0.29) is 6.04 Å². The van der Waals surface area contributed by atoms with Crippen LogP contribution in [0.3, 0.4) is 0 Å². The molecular weight excluding hydrogens is 362 g/mol. The highest BCUT2D eigenvalue weighted by atomic mass is 16.6. The fraction of sp³-hybridized carbons (Fsp3) is 0.684. The summed E-state index contributed by atoms with van der Waals surface area (Å²) in [5.74, 6) is -1.66. The van der Waals surface area contributed by atoms with Crippen LogP contribution in [0.2, 0.25) is 0 Å². The highest BCUT2D eigenvalue weighted by molar-refractivity contribution is 6.14. The van der Waals surface area contributed by atoms with Crippen molar-refractivity contribution in [2.45, 2.75) is 51.2 Å². The number of carbonyl (C=O) groups is 2. The predicted molar refractivity (Wildman–Crippen MR) is 104 cm³/mol. The second-order valence-corrected chi connectivity index (χ2v) is 8.20. The van der Waals surface area contributed by atoms with Crippen molar-refractivity contribution in [2.75, 3.05) is 44.0 Å². The van der Waals surface area contributed by atoms with Crippen LogP contribution in [0.5, 0.6) is 0 Å². The van der Waals surface area contributed by atoms with E-state index in [9.17, 15) is 9.59 Å². The van der Waals surface area contributed by atoms with Crippen LogP contribution in [-0.2, 0) is 19.1 Å². The lowest BCUT2D eigenvalue weighted by Crippen LogP contribution is -2.40. The van der Waals surface area contributed by atoms with E-state index < -0.39 is 23.4 Å².